The molecule has 4 rings (SSSR count). The van der Waals surface area contributed by atoms with E-state index in [4.69, 9.17) is 19.3 Å². The van der Waals surface area contributed by atoms with Gasteiger partial charge in [-0.25, -0.2) is 4.79 Å². The van der Waals surface area contributed by atoms with E-state index < -0.39 is 29.7 Å². The molecule has 3 aromatic carbocycles. The number of nitrogens with zero attached hydrogens (tertiary/aromatic N) is 1. The second-order valence-electron chi connectivity index (χ2n) is 9.06. The Morgan fingerprint density at radius 2 is 1.80 bits per heavy atom. The number of carboxylic acid groups (broad SMARTS) is 1. The molecule has 0 spiro atoms. The maximum absolute atomic E-state index is 13.3. The number of nitrogens with one attached hydrogen (secondary N) is 1. The molecule has 2 N–H and O–H groups in total. The summed E-state index contributed by atoms with van der Waals surface area (Å²) in [7, 11) is 1.42. The van der Waals surface area contributed by atoms with E-state index in [-0.39, 0.29) is 47.9 Å². The Balaban J connectivity index is 1.66. The first kappa shape index (κ1) is 28.3. The van der Waals surface area contributed by atoms with E-state index in [1.165, 1.54) is 49.3 Å². The molecule has 0 aromatic heterocycles. The van der Waals surface area contributed by atoms with Crippen molar-refractivity contribution in [1.29, 1.82) is 0 Å². The van der Waals surface area contributed by atoms with E-state index in [1.807, 2.05) is 0 Å². The SMILES string of the molecule is COc1ccc(CC(=O)O)cc1Oc1ccc(NC(=O)c2cc(C)cc(C(F)(F)F)c2)cc1CN1CCOC1=O. The highest BCUT2D eigenvalue weighted by molar-refractivity contribution is 6.04. The lowest BCUT2D eigenvalue weighted by atomic mass is 10.1. The van der Waals surface area contributed by atoms with Crippen molar-refractivity contribution in [2.24, 2.45) is 0 Å². The van der Waals surface area contributed by atoms with Gasteiger partial charge in [-0.3, -0.25) is 9.59 Å². The van der Waals surface area contributed by atoms with Crippen LogP contribution in [0.3, 0.4) is 0 Å². The first-order chi connectivity index (χ1) is 18.9. The number of cyclic esters (lactones) is 1. The quantitative estimate of drug-likeness (QED) is 0.349. The van der Waals surface area contributed by atoms with Crippen molar-refractivity contribution in [2.75, 3.05) is 25.6 Å². The highest BCUT2D eigenvalue weighted by atomic mass is 19.4. The molecule has 0 saturated carbocycles. The van der Waals surface area contributed by atoms with Gasteiger partial charge in [-0.2, -0.15) is 13.2 Å². The van der Waals surface area contributed by atoms with Gasteiger partial charge in [0.15, 0.2) is 11.5 Å². The molecule has 0 unspecified atom stereocenters. The lowest BCUT2D eigenvalue weighted by molar-refractivity contribution is -0.138. The van der Waals surface area contributed by atoms with Crippen LogP contribution in [-0.2, 0) is 28.7 Å². The van der Waals surface area contributed by atoms with Crippen LogP contribution in [0.5, 0.6) is 17.2 Å². The van der Waals surface area contributed by atoms with Crippen LogP contribution in [0, 0.1) is 6.92 Å². The molecule has 1 aliphatic heterocycles. The third-order valence-corrected chi connectivity index (χ3v) is 5.99. The molecule has 1 fully saturated rings. The minimum atomic E-state index is -4.61. The van der Waals surface area contributed by atoms with E-state index in [1.54, 1.807) is 12.1 Å². The number of alkyl halides is 3. The van der Waals surface area contributed by atoms with Crippen LogP contribution in [0.1, 0.15) is 32.6 Å². The summed E-state index contributed by atoms with van der Waals surface area (Å²) in [5.74, 6) is -0.947. The van der Waals surface area contributed by atoms with Crippen LogP contribution in [0.25, 0.3) is 0 Å². The summed E-state index contributed by atoms with van der Waals surface area (Å²) in [5, 5.41) is 11.7. The topological polar surface area (TPSA) is 114 Å². The largest absolute Gasteiger partial charge is 0.493 e. The summed E-state index contributed by atoms with van der Waals surface area (Å²) in [6.45, 7) is 2.02. The van der Waals surface area contributed by atoms with Gasteiger partial charge in [-0.1, -0.05) is 6.07 Å². The van der Waals surface area contributed by atoms with Crippen molar-refractivity contribution in [3.8, 4) is 17.2 Å². The molecule has 40 heavy (non-hydrogen) atoms. The van der Waals surface area contributed by atoms with Crippen molar-refractivity contribution in [1.82, 2.24) is 4.90 Å². The Bertz CT molecular complexity index is 1460. The molecule has 0 aliphatic carbocycles. The highest BCUT2D eigenvalue weighted by Gasteiger charge is 2.31. The van der Waals surface area contributed by atoms with Crippen LogP contribution < -0.4 is 14.8 Å². The lowest BCUT2D eigenvalue weighted by Crippen LogP contribution is -2.24. The van der Waals surface area contributed by atoms with Crippen molar-refractivity contribution >= 4 is 23.7 Å². The zero-order chi connectivity index (χ0) is 29.0. The van der Waals surface area contributed by atoms with Crippen LogP contribution in [-0.4, -0.2) is 48.2 Å². The Morgan fingerprint density at radius 1 is 1.05 bits per heavy atom. The van der Waals surface area contributed by atoms with Gasteiger partial charge in [0.2, 0.25) is 0 Å². The number of rotatable bonds is 9. The van der Waals surface area contributed by atoms with Crippen molar-refractivity contribution in [3.63, 3.8) is 0 Å². The molecular weight excluding hydrogens is 533 g/mol. The third kappa shape index (κ3) is 6.82. The maximum Gasteiger partial charge on any atom is 0.416 e. The van der Waals surface area contributed by atoms with E-state index in [0.29, 0.717) is 23.4 Å². The number of amides is 2. The normalized spacial score (nSPS) is 13.1. The average Bonchev–Trinajstić information content (AvgIpc) is 3.28. The number of methoxy groups -OCH3 is 1. The second-order valence-corrected chi connectivity index (χ2v) is 9.06. The van der Waals surface area contributed by atoms with Crippen LogP contribution in [0.4, 0.5) is 23.7 Å². The predicted octanol–water partition coefficient (Wildman–Crippen LogP) is 5.65. The molecule has 210 valence electrons. The van der Waals surface area contributed by atoms with Gasteiger partial charge in [0.05, 0.1) is 32.2 Å². The minimum Gasteiger partial charge on any atom is -0.493 e. The van der Waals surface area contributed by atoms with Gasteiger partial charge >= 0.3 is 18.2 Å². The number of halogens is 3. The Labute approximate surface area is 227 Å². The Kier molecular flexibility index (Phi) is 8.17. The summed E-state index contributed by atoms with van der Waals surface area (Å²) < 4.78 is 56.2. The number of anilines is 1. The van der Waals surface area contributed by atoms with E-state index in [9.17, 15) is 27.6 Å². The minimum absolute atomic E-state index is 0.0394. The number of carbonyl (C=O) groups excluding carboxylic acids is 2. The van der Waals surface area contributed by atoms with Crippen LogP contribution in [0.2, 0.25) is 0 Å². The van der Waals surface area contributed by atoms with Gasteiger partial charge in [0, 0.05) is 16.8 Å². The number of hydrogen-bond acceptors (Lipinski definition) is 6. The Morgan fingerprint density at radius 3 is 2.45 bits per heavy atom. The summed E-state index contributed by atoms with van der Waals surface area (Å²) in [5.41, 5.74) is 0.333. The van der Waals surface area contributed by atoms with E-state index in [2.05, 4.69) is 5.32 Å². The molecule has 1 aliphatic rings. The molecule has 0 atom stereocenters. The Hall–Kier alpha value is -4.74. The van der Waals surface area contributed by atoms with Crippen molar-refractivity contribution in [2.45, 2.75) is 26.1 Å². The highest BCUT2D eigenvalue weighted by Crippen LogP contribution is 2.36. The third-order valence-electron chi connectivity index (χ3n) is 5.99. The molecule has 1 heterocycles. The number of carbonyl (C=O) groups is 3. The van der Waals surface area contributed by atoms with Gasteiger partial charge in [-0.05, 0) is 66.6 Å². The van der Waals surface area contributed by atoms with Crippen LogP contribution >= 0.6 is 0 Å². The fourth-order valence-electron chi connectivity index (χ4n) is 4.14. The summed E-state index contributed by atoms with van der Waals surface area (Å²) in [6, 6.07) is 12.3. The van der Waals surface area contributed by atoms with Crippen molar-refractivity contribution < 1.29 is 46.9 Å². The fourth-order valence-corrected chi connectivity index (χ4v) is 4.14. The van der Waals surface area contributed by atoms with Gasteiger partial charge < -0.3 is 29.5 Å². The number of ether oxygens (including phenoxy) is 3. The summed E-state index contributed by atoms with van der Waals surface area (Å²) in [6.07, 6.45) is -5.39. The first-order valence-corrected chi connectivity index (χ1v) is 12.0. The second kappa shape index (κ2) is 11.6. The molecule has 1 saturated heterocycles. The van der Waals surface area contributed by atoms with Crippen LogP contribution in [0.15, 0.2) is 54.6 Å². The average molecular weight is 559 g/mol. The molecular formula is C28H25F3N2O7. The number of hydrogen-bond donors (Lipinski definition) is 2. The lowest BCUT2D eigenvalue weighted by Gasteiger charge is -2.19. The van der Waals surface area contributed by atoms with Gasteiger partial charge in [0.25, 0.3) is 5.91 Å². The van der Waals surface area contributed by atoms with E-state index in [0.717, 1.165) is 12.1 Å². The molecule has 12 heteroatoms. The maximum atomic E-state index is 13.3. The zero-order valence-corrected chi connectivity index (χ0v) is 21.5. The number of aliphatic carboxylic acids is 1. The van der Waals surface area contributed by atoms with Crippen molar-refractivity contribution in [3.05, 3.63) is 82.4 Å². The monoisotopic (exact) mass is 558 g/mol. The number of benzene rings is 3. The zero-order valence-electron chi connectivity index (χ0n) is 21.5. The molecule has 0 radical (unpaired) electrons. The molecule has 2 amide bonds. The predicted molar refractivity (Wildman–Crippen MR) is 137 cm³/mol. The molecule has 3 aromatic rings. The van der Waals surface area contributed by atoms with E-state index >= 15 is 0 Å². The fraction of sp³-hybridized carbons (Fsp3) is 0.250. The first-order valence-electron chi connectivity index (χ1n) is 12.0. The standard InChI is InChI=1S/C28H25F3N2O7/c1-16-9-18(13-20(10-16)28(29,30)31)26(36)32-21-4-6-22(19(14-21)15-33-7-8-39-27(33)37)40-24-11-17(12-25(34)35)3-5-23(24)38-2/h3-6,9-11,13-14H,7-8,12,15H2,1-2H3,(H,32,36)(H,34,35). The number of carboxylic acids is 1. The van der Waals surface area contributed by atoms with Gasteiger partial charge in [0.1, 0.15) is 12.4 Å². The molecule has 0 bridgehead atoms. The summed E-state index contributed by atoms with van der Waals surface area (Å²) >= 11 is 0. The number of aryl methyl sites for hydroxylation is 1. The van der Waals surface area contributed by atoms with Gasteiger partial charge in [-0.15, -0.1) is 0 Å². The smallest absolute Gasteiger partial charge is 0.416 e. The summed E-state index contributed by atoms with van der Waals surface area (Å²) in [4.78, 5) is 37.6. The molecule has 9 nitrogen and oxygen atoms in total.